The minimum absolute atomic E-state index is 0.124. The van der Waals surface area contributed by atoms with Gasteiger partial charge in [-0.25, -0.2) is 4.98 Å². The lowest BCUT2D eigenvalue weighted by molar-refractivity contribution is 0.0605. The van der Waals surface area contributed by atoms with E-state index in [1.54, 1.807) is 0 Å². The Labute approximate surface area is 147 Å². The van der Waals surface area contributed by atoms with Crippen molar-refractivity contribution in [3.8, 4) is 0 Å². The fourth-order valence-corrected chi connectivity index (χ4v) is 4.33. The van der Waals surface area contributed by atoms with Gasteiger partial charge >= 0.3 is 0 Å². The lowest BCUT2D eigenvalue weighted by Crippen LogP contribution is -2.44. The SMILES string of the molecule is CCc1nc(N)sc1C(=O)N1CCCCC1CCc1ccccc1. The van der Waals surface area contributed by atoms with Crippen LogP contribution in [0.4, 0.5) is 5.13 Å². The minimum Gasteiger partial charge on any atom is -0.375 e. The fourth-order valence-electron chi connectivity index (χ4n) is 3.45. The molecule has 1 aromatic carbocycles. The van der Waals surface area contributed by atoms with Gasteiger partial charge in [-0.3, -0.25) is 4.79 Å². The van der Waals surface area contributed by atoms with E-state index in [1.165, 1.54) is 23.3 Å². The molecule has 1 aromatic heterocycles. The number of rotatable bonds is 5. The second-order valence-electron chi connectivity index (χ2n) is 6.35. The Morgan fingerprint density at radius 1 is 1.33 bits per heavy atom. The number of hydrogen-bond donors (Lipinski definition) is 1. The molecule has 4 nitrogen and oxygen atoms in total. The van der Waals surface area contributed by atoms with Crippen molar-refractivity contribution in [2.45, 2.75) is 51.5 Å². The quantitative estimate of drug-likeness (QED) is 0.895. The van der Waals surface area contributed by atoms with Gasteiger partial charge in [-0.1, -0.05) is 48.6 Å². The zero-order chi connectivity index (χ0) is 16.9. The standard InChI is InChI=1S/C19H25N3OS/c1-2-16-17(24-19(20)21-16)18(23)22-13-7-6-10-15(22)12-11-14-8-4-3-5-9-14/h3-5,8-9,15H,2,6-7,10-13H2,1H3,(H2,20,21). The second kappa shape index (κ2) is 7.79. The van der Waals surface area contributed by atoms with E-state index >= 15 is 0 Å². The van der Waals surface area contributed by atoms with Crippen LogP contribution >= 0.6 is 11.3 Å². The van der Waals surface area contributed by atoms with Gasteiger partial charge in [0.2, 0.25) is 0 Å². The van der Waals surface area contributed by atoms with Crippen LogP contribution in [0.25, 0.3) is 0 Å². The van der Waals surface area contributed by atoms with Gasteiger partial charge in [0.15, 0.2) is 5.13 Å². The van der Waals surface area contributed by atoms with Gasteiger partial charge in [0.05, 0.1) is 5.69 Å². The van der Waals surface area contributed by atoms with Crippen molar-refractivity contribution in [1.82, 2.24) is 9.88 Å². The van der Waals surface area contributed by atoms with Crippen LogP contribution in [-0.2, 0) is 12.8 Å². The van der Waals surface area contributed by atoms with Crippen LogP contribution in [-0.4, -0.2) is 28.4 Å². The Bertz CT molecular complexity index is 683. The lowest BCUT2D eigenvalue weighted by atomic mass is 9.95. The number of carbonyl (C=O) groups is 1. The van der Waals surface area contributed by atoms with E-state index < -0.39 is 0 Å². The molecule has 128 valence electrons. The van der Waals surface area contributed by atoms with Crippen molar-refractivity contribution in [1.29, 1.82) is 0 Å². The highest BCUT2D eigenvalue weighted by Crippen LogP contribution is 2.28. The summed E-state index contributed by atoms with van der Waals surface area (Å²) in [6, 6.07) is 10.8. The summed E-state index contributed by atoms with van der Waals surface area (Å²) in [6.07, 6.45) is 6.16. The van der Waals surface area contributed by atoms with Crippen LogP contribution in [0.1, 0.15) is 53.5 Å². The second-order valence-corrected chi connectivity index (χ2v) is 7.38. The van der Waals surface area contributed by atoms with E-state index in [2.05, 4.69) is 34.1 Å². The molecule has 1 unspecified atom stereocenters. The average Bonchev–Trinajstić information content (AvgIpc) is 3.01. The number of amides is 1. The fraction of sp³-hybridized carbons (Fsp3) is 0.474. The number of thiazole rings is 1. The van der Waals surface area contributed by atoms with Crippen molar-refractivity contribution in [2.75, 3.05) is 12.3 Å². The third-order valence-corrected chi connectivity index (χ3v) is 5.65. The predicted molar refractivity (Wildman–Crippen MR) is 99.3 cm³/mol. The molecule has 0 aliphatic carbocycles. The molecule has 3 rings (SSSR count). The van der Waals surface area contributed by atoms with E-state index in [1.807, 2.05) is 13.0 Å². The number of likely N-dealkylation sites (tertiary alicyclic amines) is 1. The number of hydrogen-bond acceptors (Lipinski definition) is 4. The maximum absolute atomic E-state index is 13.1. The van der Waals surface area contributed by atoms with Crippen LogP contribution in [0.5, 0.6) is 0 Å². The molecule has 0 bridgehead atoms. The van der Waals surface area contributed by atoms with E-state index in [4.69, 9.17) is 5.73 Å². The van der Waals surface area contributed by atoms with Crippen LogP contribution < -0.4 is 5.73 Å². The molecular weight excluding hydrogens is 318 g/mol. The van der Waals surface area contributed by atoms with Gasteiger partial charge in [0.25, 0.3) is 5.91 Å². The summed E-state index contributed by atoms with van der Waals surface area (Å²) >= 11 is 1.33. The third kappa shape index (κ3) is 3.78. The highest BCUT2D eigenvalue weighted by molar-refractivity contribution is 7.17. The Morgan fingerprint density at radius 2 is 2.12 bits per heavy atom. The van der Waals surface area contributed by atoms with Gasteiger partial charge in [-0.15, -0.1) is 0 Å². The highest BCUT2D eigenvalue weighted by atomic mass is 32.1. The maximum atomic E-state index is 13.1. The summed E-state index contributed by atoms with van der Waals surface area (Å²) in [5, 5.41) is 0.494. The molecular formula is C19H25N3OS. The molecule has 24 heavy (non-hydrogen) atoms. The summed E-state index contributed by atoms with van der Waals surface area (Å²) in [4.78, 5) is 20.2. The first-order valence-corrected chi connectivity index (χ1v) is 9.60. The number of nitrogens with zero attached hydrogens (tertiary/aromatic N) is 2. The lowest BCUT2D eigenvalue weighted by Gasteiger charge is -2.35. The van der Waals surface area contributed by atoms with Crippen molar-refractivity contribution in [2.24, 2.45) is 0 Å². The number of nitrogen functional groups attached to an aromatic ring is 1. The molecule has 1 saturated heterocycles. The maximum Gasteiger partial charge on any atom is 0.266 e. The van der Waals surface area contributed by atoms with E-state index in [0.29, 0.717) is 11.2 Å². The summed E-state index contributed by atoms with van der Waals surface area (Å²) in [5.41, 5.74) is 8.01. The van der Waals surface area contributed by atoms with Gasteiger partial charge in [-0.05, 0) is 44.1 Å². The average molecular weight is 343 g/mol. The number of benzene rings is 1. The van der Waals surface area contributed by atoms with Gasteiger partial charge in [-0.2, -0.15) is 0 Å². The molecule has 0 saturated carbocycles. The third-order valence-electron chi connectivity index (χ3n) is 4.74. The zero-order valence-electron chi connectivity index (χ0n) is 14.2. The van der Waals surface area contributed by atoms with Gasteiger partial charge in [0.1, 0.15) is 4.88 Å². The van der Waals surface area contributed by atoms with Crippen molar-refractivity contribution < 1.29 is 4.79 Å². The van der Waals surface area contributed by atoms with Crippen molar-refractivity contribution in [3.63, 3.8) is 0 Å². The van der Waals surface area contributed by atoms with Crippen LogP contribution in [0.15, 0.2) is 30.3 Å². The first-order chi connectivity index (χ1) is 11.7. The van der Waals surface area contributed by atoms with E-state index in [-0.39, 0.29) is 5.91 Å². The minimum atomic E-state index is 0.124. The van der Waals surface area contributed by atoms with E-state index in [0.717, 1.165) is 49.2 Å². The van der Waals surface area contributed by atoms with Crippen LogP contribution in [0.3, 0.4) is 0 Å². The summed E-state index contributed by atoms with van der Waals surface area (Å²) in [6.45, 7) is 2.87. The Morgan fingerprint density at radius 3 is 2.88 bits per heavy atom. The number of nitrogens with two attached hydrogens (primary N) is 1. The molecule has 2 heterocycles. The number of piperidine rings is 1. The number of anilines is 1. The van der Waals surface area contributed by atoms with E-state index in [9.17, 15) is 4.79 Å². The smallest absolute Gasteiger partial charge is 0.266 e. The molecule has 1 aliphatic rings. The highest BCUT2D eigenvalue weighted by Gasteiger charge is 2.29. The molecule has 5 heteroatoms. The largest absolute Gasteiger partial charge is 0.375 e. The summed E-state index contributed by atoms with van der Waals surface area (Å²) in [7, 11) is 0. The Kier molecular flexibility index (Phi) is 5.51. The number of aryl methyl sites for hydroxylation is 2. The first kappa shape index (κ1) is 17.0. The molecule has 1 aliphatic heterocycles. The normalized spacial score (nSPS) is 17.9. The Balaban J connectivity index is 1.72. The zero-order valence-corrected chi connectivity index (χ0v) is 15.0. The van der Waals surface area contributed by atoms with Gasteiger partial charge < -0.3 is 10.6 Å². The first-order valence-electron chi connectivity index (χ1n) is 8.79. The summed E-state index contributed by atoms with van der Waals surface area (Å²) < 4.78 is 0. The topological polar surface area (TPSA) is 59.2 Å². The molecule has 0 spiro atoms. The number of aromatic nitrogens is 1. The Hall–Kier alpha value is -1.88. The predicted octanol–water partition coefficient (Wildman–Crippen LogP) is 3.92. The number of carbonyl (C=O) groups excluding carboxylic acids is 1. The van der Waals surface area contributed by atoms with Crippen molar-refractivity contribution >= 4 is 22.4 Å². The van der Waals surface area contributed by atoms with Gasteiger partial charge in [0, 0.05) is 12.6 Å². The molecule has 2 aromatic rings. The molecule has 0 radical (unpaired) electrons. The monoisotopic (exact) mass is 343 g/mol. The summed E-state index contributed by atoms with van der Waals surface area (Å²) in [5.74, 6) is 0.124. The molecule has 1 fully saturated rings. The van der Waals surface area contributed by atoms with Crippen LogP contribution in [0.2, 0.25) is 0 Å². The van der Waals surface area contributed by atoms with Crippen molar-refractivity contribution in [3.05, 3.63) is 46.5 Å². The van der Waals surface area contributed by atoms with Crippen LogP contribution in [0, 0.1) is 0 Å². The molecule has 1 amide bonds. The molecule has 2 N–H and O–H groups in total. The molecule has 1 atom stereocenters.